The summed E-state index contributed by atoms with van der Waals surface area (Å²) >= 11 is 0. The highest BCUT2D eigenvalue weighted by Crippen LogP contribution is 2.15. The molecule has 1 aromatic rings. The molecule has 1 N–H and O–H groups in total. The molecule has 0 aromatic carbocycles. The van der Waals surface area contributed by atoms with Crippen LogP contribution >= 0.6 is 0 Å². The second-order valence-corrected chi connectivity index (χ2v) is 5.79. The summed E-state index contributed by atoms with van der Waals surface area (Å²) < 4.78 is 24.6. The van der Waals surface area contributed by atoms with E-state index in [0.29, 0.717) is 5.82 Å². The van der Waals surface area contributed by atoms with Gasteiger partial charge in [-0.3, -0.25) is 0 Å². The van der Waals surface area contributed by atoms with Crippen molar-refractivity contribution in [1.82, 2.24) is 10.3 Å². The number of hydrogen-bond donors (Lipinski definition) is 1. The molecule has 0 saturated heterocycles. The van der Waals surface area contributed by atoms with Crippen molar-refractivity contribution >= 4 is 5.82 Å². The monoisotopic (exact) mass is 271 g/mol. The van der Waals surface area contributed by atoms with Crippen LogP contribution in [0.25, 0.3) is 0 Å². The Kier molecular flexibility index (Phi) is 5.23. The third-order valence-corrected chi connectivity index (χ3v) is 2.79. The van der Waals surface area contributed by atoms with Crippen LogP contribution in [0.2, 0.25) is 0 Å². The molecule has 0 atom stereocenters. The van der Waals surface area contributed by atoms with E-state index >= 15 is 0 Å². The first-order chi connectivity index (χ1) is 8.69. The number of nitrogens with zero attached hydrogens (tertiary/aromatic N) is 2. The van der Waals surface area contributed by atoms with E-state index in [-0.39, 0.29) is 12.1 Å². The molecule has 1 rings (SSSR count). The minimum atomic E-state index is -2.35. The first-order valence-electron chi connectivity index (χ1n) is 6.40. The lowest BCUT2D eigenvalue weighted by Crippen LogP contribution is -2.35. The van der Waals surface area contributed by atoms with E-state index in [1.54, 1.807) is 13.1 Å². The number of alkyl halides is 2. The molecule has 19 heavy (non-hydrogen) atoms. The summed E-state index contributed by atoms with van der Waals surface area (Å²) in [5, 5.41) is 3.39. The van der Waals surface area contributed by atoms with Gasteiger partial charge in [0.25, 0.3) is 6.43 Å². The van der Waals surface area contributed by atoms with Gasteiger partial charge in [0.2, 0.25) is 0 Å². The number of halogens is 2. The van der Waals surface area contributed by atoms with E-state index in [0.717, 1.165) is 17.8 Å². The number of hydrogen-bond acceptors (Lipinski definition) is 3. The van der Waals surface area contributed by atoms with E-state index in [9.17, 15) is 8.78 Å². The number of anilines is 1. The fourth-order valence-electron chi connectivity index (χ4n) is 1.64. The molecule has 0 bridgehead atoms. The van der Waals surface area contributed by atoms with Crippen LogP contribution in [0.15, 0.2) is 12.1 Å². The average Bonchev–Trinajstić information content (AvgIpc) is 2.25. The minimum absolute atomic E-state index is 0.0393. The highest BCUT2D eigenvalue weighted by atomic mass is 19.3. The lowest BCUT2D eigenvalue weighted by atomic mass is 10.1. The van der Waals surface area contributed by atoms with Gasteiger partial charge < -0.3 is 10.2 Å². The molecule has 0 saturated carbocycles. The van der Waals surface area contributed by atoms with Crippen molar-refractivity contribution in [3.05, 3.63) is 23.4 Å². The second-order valence-electron chi connectivity index (χ2n) is 5.79. The highest BCUT2D eigenvalue weighted by Gasteiger charge is 2.12. The van der Waals surface area contributed by atoms with Crippen molar-refractivity contribution in [2.45, 2.75) is 46.2 Å². The summed E-state index contributed by atoms with van der Waals surface area (Å²) in [4.78, 5) is 5.85. The molecule has 0 aliphatic heterocycles. The smallest absolute Gasteiger partial charge is 0.255 e. The summed E-state index contributed by atoms with van der Waals surface area (Å²) in [6.45, 7) is 8.62. The molecular weight excluding hydrogens is 248 g/mol. The Balaban J connectivity index is 2.74. The summed E-state index contributed by atoms with van der Waals surface area (Å²) in [6.07, 6.45) is -2.35. The fraction of sp³-hybridized carbons (Fsp3) is 0.643. The van der Waals surface area contributed by atoms with Crippen LogP contribution in [0.3, 0.4) is 0 Å². The van der Waals surface area contributed by atoms with Gasteiger partial charge in [-0.05, 0) is 39.3 Å². The van der Waals surface area contributed by atoms with Gasteiger partial charge in [-0.2, -0.15) is 0 Å². The normalized spacial score (nSPS) is 12.0. The van der Waals surface area contributed by atoms with E-state index in [1.165, 1.54) is 4.90 Å². The average molecular weight is 271 g/mol. The van der Waals surface area contributed by atoms with E-state index in [4.69, 9.17) is 0 Å². The van der Waals surface area contributed by atoms with Crippen LogP contribution in [-0.2, 0) is 6.54 Å². The quantitative estimate of drug-likeness (QED) is 0.892. The maximum Gasteiger partial charge on any atom is 0.255 e. The van der Waals surface area contributed by atoms with Crippen LogP contribution in [0.1, 0.15) is 32.0 Å². The lowest BCUT2D eigenvalue weighted by molar-refractivity contribution is 0.156. The summed E-state index contributed by atoms with van der Waals surface area (Å²) in [5.74, 6) is 0.581. The topological polar surface area (TPSA) is 28.2 Å². The molecule has 0 spiro atoms. The highest BCUT2D eigenvalue weighted by molar-refractivity contribution is 5.40. The zero-order valence-electron chi connectivity index (χ0n) is 12.3. The molecule has 0 aliphatic carbocycles. The summed E-state index contributed by atoms with van der Waals surface area (Å²) in [5.41, 5.74) is 2.00. The van der Waals surface area contributed by atoms with Crippen LogP contribution in [0.5, 0.6) is 0 Å². The standard InChI is InChI=1S/C14H23F2N3/c1-10-11(8-17-14(2,3)4)6-7-13(18-10)19(5)9-12(15)16/h6-7,12,17H,8-9H2,1-5H3. The molecule has 3 nitrogen and oxygen atoms in total. The zero-order chi connectivity index (χ0) is 14.6. The Morgan fingerprint density at radius 3 is 2.42 bits per heavy atom. The van der Waals surface area contributed by atoms with Gasteiger partial charge in [0.1, 0.15) is 5.82 Å². The number of aryl methyl sites for hydroxylation is 1. The Hall–Kier alpha value is -1.23. The Morgan fingerprint density at radius 1 is 1.32 bits per heavy atom. The van der Waals surface area contributed by atoms with Gasteiger partial charge in [-0.1, -0.05) is 6.07 Å². The molecule has 0 unspecified atom stereocenters. The minimum Gasteiger partial charge on any atom is -0.354 e. The number of aromatic nitrogens is 1. The van der Waals surface area contributed by atoms with E-state index in [1.807, 2.05) is 13.0 Å². The Bertz CT molecular complexity index is 414. The summed E-state index contributed by atoms with van der Waals surface area (Å²) in [7, 11) is 1.63. The Morgan fingerprint density at radius 2 is 1.95 bits per heavy atom. The molecule has 1 aromatic heterocycles. The largest absolute Gasteiger partial charge is 0.354 e. The molecule has 0 radical (unpaired) electrons. The number of nitrogens with one attached hydrogen (secondary N) is 1. The molecule has 0 fully saturated rings. The van der Waals surface area contributed by atoms with Gasteiger partial charge in [0.05, 0.1) is 6.54 Å². The predicted octanol–water partition coefficient (Wildman–Crippen LogP) is 2.98. The molecule has 108 valence electrons. The van der Waals surface area contributed by atoms with Crippen molar-refractivity contribution < 1.29 is 8.78 Å². The second kappa shape index (κ2) is 6.28. The van der Waals surface area contributed by atoms with Crippen LogP contribution in [0, 0.1) is 6.92 Å². The van der Waals surface area contributed by atoms with E-state index in [2.05, 4.69) is 31.1 Å². The molecular formula is C14H23F2N3. The first kappa shape index (κ1) is 15.8. The third-order valence-electron chi connectivity index (χ3n) is 2.79. The van der Waals surface area contributed by atoms with Gasteiger partial charge in [-0.15, -0.1) is 0 Å². The van der Waals surface area contributed by atoms with Crippen LogP contribution in [-0.4, -0.2) is 30.5 Å². The molecule has 5 heteroatoms. The van der Waals surface area contributed by atoms with Gasteiger partial charge >= 0.3 is 0 Å². The molecule has 0 aliphatic rings. The lowest BCUT2D eigenvalue weighted by Gasteiger charge is -2.22. The third kappa shape index (κ3) is 5.51. The molecule has 0 amide bonds. The van der Waals surface area contributed by atoms with Gasteiger partial charge in [-0.25, -0.2) is 13.8 Å². The van der Waals surface area contributed by atoms with Crippen molar-refractivity contribution in [1.29, 1.82) is 0 Å². The predicted molar refractivity (Wildman–Crippen MR) is 74.8 cm³/mol. The van der Waals surface area contributed by atoms with Crippen molar-refractivity contribution in [2.24, 2.45) is 0 Å². The maximum absolute atomic E-state index is 12.3. The van der Waals surface area contributed by atoms with Crippen LogP contribution in [0.4, 0.5) is 14.6 Å². The van der Waals surface area contributed by atoms with Crippen molar-refractivity contribution in [3.63, 3.8) is 0 Å². The summed E-state index contributed by atoms with van der Waals surface area (Å²) in [6, 6.07) is 3.73. The van der Waals surface area contributed by atoms with Gasteiger partial charge in [0, 0.05) is 24.8 Å². The van der Waals surface area contributed by atoms with Crippen molar-refractivity contribution in [2.75, 3.05) is 18.5 Å². The van der Waals surface area contributed by atoms with E-state index < -0.39 is 6.43 Å². The maximum atomic E-state index is 12.3. The SMILES string of the molecule is Cc1nc(N(C)CC(F)F)ccc1CNC(C)(C)C. The number of pyridine rings is 1. The zero-order valence-corrected chi connectivity index (χ0v) is 12.3. The first-order valence-corrected chi connectivity index (χ1v) is 6.40. The van der Waals surface area contributed by atoms with Gasteiger partial charge in [0.15, 0.2) is 0 Å². The Labute approximate surface area is 114 Å². The van der Waals surface area contributed by atoms with Crippen LogP contribution < -0.4 is 10.2 Å². The fourth-order valence-corrected chi connectivity index (χ4v) is 1.64. The number of rotatable bonds is 5. The van der Waals surface area contributed by atoms with Crippen molar-refractivity contribution in [3.8, 4) is 0 Å². The molecule has 1 heterocycles.